The smallest absolute Gasteiger partial charge is 0.191 e. The number of hydrogen-bond donors (Lipinski definition) is 2. The second kappa shape index (κ2) is 11.5. The number of rotatable bonds is 9. The molecule has 1 fully saturated rings. The standard InChI is InChI=1S/C24H32N6O2/c1-20(21-5-2-6-22(19-21)30-12-4-9-27-30)28-24(25-10-8-23-7-3-16-32-23)26-11-13-29-14-17-31-18-15-29/h2-7,9,12,16,19-20H,8,10-11,13-15,17-18H2,1H3,(H2,25,26,28). The Kier molecular flexibility index (Phi) is 7.94. The third kappa shape index (κ3) is 6.45. The van der Waals surface area contributed by atoms with E-state index in [1.54, 1.807) is 12.5 Å². The molecule has 0 saturated carbocycles. The Morgan fingerprint density at radius 1 is 1.19 bits per heavy atom. The van der Waals surface area contributed by atoms with Gasteiger partial charge in [0.1, 0.15) is 5.76 Å². The fourth-order valence-corrected chi connectivity index (χ4v) is 3.69. The molecule has 1 aromatic carbocycles. The van der Waals surface area contributed by atoms with Crippen LogP contribution in [0.3, 0.4) is 0 Å². The maximum atomic E-state index is 5.45. The first-order valence-corrected chi connectivity index (χ1v) is 11.3. The maximum absolute atomic E-state index is 5.45. The van der Waals surface area contributed by atoms with Crippen LogP contribution in [0.4, 0.5) is 0 Å². The molecule has 0 aliphatic carbocycles. The summed E-state index contributed by atoms with van der Waals surface area (Å²) < 4.78 is 12.8. The molecule has 0 radical (unpaired) electrons. The fourth-order valence-electron chi connectivity index (χ4n) is 3.69. The lowest BCUT2D eigenvalue weighted by molar-refractivity contribution is 0.0394. The van der Waals surface area contributed by atoms with Crippen molar-refractivity contribution in [2.24, 2.45) is 4.99 Å². The molecule has 1 aliphatic rings. The van der Waals surface area contributed by atoms with Gasteiger partial charge in [0, 0.05) is 45.0 Å². The zero-order chi connectivity index (χ0) is 22.0. The minimum absolute atomic E-state index is 0.0868. The highest BCUT2D eigenvalue weighted by atomic mass is 16.5. The molecule has 1 unspecified atom stereocenters. The van der Waals surface area contributed by atoms with E-state index in [1.807, 2.05) is 29.1 Å². The van der Waals surface area contributed by atoms with Crippen LogP contribution < -0.4 is 10.6 Å². The maximum Gasteiger partial charge on any atom is 0.191 e. The van der Waals surface area contributed by atoms with Gasteiger partial charge in [-0.05, 0) is 42.8 Å². The summed E-state index contributed by atoms with van der Waals surface area (Å²) in [5.41, 5.74) is 2.21. The second-order valence-electron chi connectivity index (χ2n) is 7.85. The molecule has 4 rings (SSSR count). The van der Waals surface area contributed by atoms with E-state index in [1.165, 1.54) is 5.56 Å². The minimum atomic E-state index is 0.0868. The number of furan rings is 1. The Morgan fingerprint density at radius 3 is 2.88 bits per heavy atom. The zero-order valence-corrected chi connectivity index (χ0v) is 18.6. The van der Waals surface area contributed by atoms with E-state index in [0.717, 1.165) is 69.8 Å². The number of benzene rings is 1. The molecule has 8 nitrogen and oxygen atoms in total. The first kappa shape index (κ1) is 22.1. The van der Waals surface area contributed by atoms with Crippen molar-refractivity contribution in [1.82, 2.24) is 25.3 Å². The van der Waals surface area contributed by atoms with Gasteiger partial charge in [0.25, 0.3) is 0 Å². The molecule has 2 N–H and O–H groups in total. The van der Waals surface area contributed by atoms with Gasteiger partial charge >= 0.3 is 0 Å². The first-order valence-electron chi connectivity index (χ1n) is 11.3. The Bertz CT molecular complexity index is 949. The Labute approximate surface area is 189 Å². The van der Waals surface area contributed by atoms with Crippen molar-refractivity contribution in [2.45, 2.75) is 19.4 Å². The summed E-state index contributed by atoms with van der Waals surface area (Å²) in [6, 6.07) is 14.3. The number of guanidine groups is 1. The van der Waals surface area contributed by atoms with Gasteiger partial charge in [-0.25, -0.2) is 4.68 Å². The summed E-state index contributed by atoms with van der Waals surface area (Å²) >= 11 is 0. The van der Waals surface area contributed by atoms with Crippen LogP contribution in [0.2, 0.25) is 0 Å². The summed E-state index contributed by atoms with van der Waals surface area (Å²) in [5.74, 6) is 1.77. The third-order valence-electron chi connectivity index (χ3n) is 5.53. The van der Waals surface area contributed by atoms with E-state index < -0.39 is 0 Å². The van der Waals surface area contributed by atoms with Gasteiger partial charge in [-0.3, -0.25) is 9.89 Å². The monoisotopic (exact) mass is 436 g/mol. The number of nitrogens with one attached hydrogen (secondary N) is 2. The zero-order valence-electron chi connectivity index (χ0n) is 18.6. The van der Waals surface area contributed by atoms with Gasteiger partial charge < -0.3 is 19.8 Å². The molecule has 1 aliphatic heterocycles. The molecule has 170 valence electrons. The average molecular weight is 437 g/mol. The van der Waals surface area contributed by atoms with E-state index >= 15 is 0 Å². The van der Waals surface area contributed by atoms with Crippen molar-refractivity contribution in [3.8, 4) is 5.69 Å². The molecule has 3 aromatic rings. The summed E-state index contributed by atoms with van der Waals surface area (Å²) in [7, 11) is 0. The van der Waals surface area contributed by atoms with Gasteiger partial charge in [-0.2, -0.15) is 5.10 Å². The Hall–Kier alpha value is -3.10. The van der Waals surface area contributed by atoms with E-state index in [0.29, 0.717) is 0 Å². The number of morpholine rings is 1. The number of nitrogens with zero attached hydrogens (tertiary/aromatic N) is 4. The van der Waals surface area contributed by atoms with Gasteiger partial charge in [0.2, 0.25) is 0 Å². The SMILES string of the molecule is CC(NC(=NCCN1CCOCC1)NCCc1ccco1)c1cccc(-n2cccn2)c1. The molecule has 8 heteroatoms. The lowest BCUT2D eigenvalue weighted by Crippen LogP contribution is -2.41. The number of aromatic nitrogens is 2. The molecule has 2 aromatic heterocycles. The Balaban J connectivity index is 1.38. The molecule has 0 amide bonds. The molecular formula is C24H32N6O2. The van der Waals surface area contributed by atoms with Gasteiger partial charge in [0.05, 0.1) is 37.8 Å². The predicted octanol–water partition coefficient (Wildman–Crippen LogP) is 2.64. The first-order chi connectivity index (χ1) is 15.8. The summed E-state index contributed by atoms with van der Waals surface area (Å²) in [6.07, 6.45) is 6.25. The van der Waals surface area contributed by atoms with Gasteiger partial charge in [-0.1, -0.05) is 12.1 Å². The number of hydrogen-bond acceptors (Lipinski definition) is 5. The van der Waals surface area contributed by atoms with Crippen molar-refractivity contribution < 1.29 is 9.15 Å². The molecule has 3 heterocycles. The van der Waals surface area contributed by atoms with E-state index in [9.17, 15) is 0 Å². The fraction of sp³-hybridized carbons (Fsp3) is 0.417. The number of aliphatic imine (C=N–C) groups is 1. The molecule has 1 atom stereocenters. The molecular weight excluding hydrogens is 404 g/mol. The van der Waals surface area contributed by atoms with E-state index in [2.05, 4.69) is 51.8 Å². The minimum Gasteiger partial charge on any atom is -0.469 e. The van der Waals surface area contributed by atoms with Crippen molar-refractivity contribution in [3.63, 3.8) is 0 Å². The van der Waals surface area contributed by atoms with E-state index in [-0.39, 0.29) is 6.04 Å². The predicted molar refractivity (Wildman–Crippen MR) is 125 cm³/mol. The highest BCUT2D eigenvalue weighted by Crippen LogP contribution is 2.16. The second-order valence-corrected chi connectivity index (χ2v) is 7.85. The molecule has 0 bridgehead atoms. The topological polar surface area (TPSA) is 79.9 Å². The van der Waals surface area contributed by atoms with Crippen molar-refractivity contribution in [3.05, 3.63) is 72.4 Å². The normalized spacial score (nSPS) is 16.1. The van der Waals surface area contributed by atoms with Gasteiger partial charge in [0.15, 0.2) is 5.96 Å². The lowest BCUT2D eigenvalue weighted by atomic mass is 10.1. The van der Waals surface area contributed by atoms with Crippen LogP contribution in [0.5, 0.6) is 0 Å². The largest absolute Gasteiger partial charge is 0.469 e. The molecule has 32 heavy (non-hydrogen) atoms. The van der Waals surface area contributed by atoms with Crippen LogP contribution in [0.1, 0.15) is 24.3 Å². The summed E-state index contributed by atoms with van der Waals surface area (Å²) in [4.78, 5) is 7.23. The third-order valence-corrected chi connectivity index (χ3v) is 5.53. The van der Waals surface area contributed by atoms with Crippen molar-refractivity contribution >= 4 is 5.96 Å². The van der Waals surface area contributed by atoms with Crippen molar-refractivity contribution in [1.29, 1.82) is 0 Å². The highest BCUT2D eigenvalue weighted by molar-refractivity contribution is 5.80. The van der Waals surface area contributed by atoms with E-state index in [4.69, 9.17) is 14.1 Å². The van der Waals surface area contributed by atoms with Crippen LogP contribution in [-0.2, 0) is 11.2 Å². The van der Waals surface area contributed by atoms with Crippen LogP contribution in [0.15, 0.2) is 70.5 Å². The molecule has 0 spiro atoms. The Morgan fingerprint density at radius 2 is 2.09 bits per heavy atom. The summed E-state index contributed by atoms with van der Waals surface area (Å²) in [6.45, 7) is 8.11. The van der Waals surface area contributed by atoms with Crippen LogP contribution >= 0.6 is 0 Å². The average Bonchev–Trinajstić information content (AvgIpc) is 3.54. The van der Waals surface area contributed by atoms with Crippen LogP contribution in [-0.4, -0.2) is 66.6 Å². The molecule has 1 saturated heterocycles. The lowest BCUT2D eigenvalue weighted by Gasteiger charge is -2.26. The quantitative estimate of drug-likeness (QED) is 0.397. The summed E-state index contributed by atoms with van der Waals surface area (Å²) in [5, 5.41) is 11.4. The van der Waals surface area contributed by atoms with Crippen LogP contribution in [0.25, 0.3) is 5.69 Å². The highest BCUT2D eigenvalue weighted by Gasteiger charge is 2.12. The van der Waals surface area contributed by atoms with Crippen molar-refractivity contribution in [2.75, 3.05) is 45.9 Å². The van der Waals surface area contributed by atoms with Crippen LogP contribution in [0, 0.1) is 0 Å². The van der Waals surface area contributed by atoms with Gasteiger partial charge in [-0.15, -0.1) is 0 Å². The number of ether oxygens (including phenoxy) is 1.